The number of hydrogen-bond donors (Lipinski definition) is 2. The molecule has 4 aromatic rings. The van der Waals surface area contributed by atoms with Crippen LogP contribution in [-0.2, 0) is 11.3 Å². The first-order chi connectivity index (χ1) is 29.3. The molecule has 4 amide bonds. The fourth-order valence-electron chi connectivity index (χ4n) is 9.38. The normalized spacial score (nSPS) is 16.1. The van der Waals surface area contributed by atoms with Crippen LogP contribution in [0, 0.1) is 0 Å². The molecular formula is C53H72N4O4. The van der Waals surface area contributed by atoms with Crippen molar-refractivity contribution in [3.05, 3.63) is 125 Å². The van der Waals surface area contributed by atoms with Gasteiger partial charge in [0.2, 0.25) is 0 Å². The van der Waals surface area contributed by atoms with E-state index in [-0.39, 0.29) is 42.3 Å². The number of nitrogens with zero attached hydrogens (tertiary/aromatic N) is 2. The molecule has 2 saturated carbocycles. The first-order valence-corrected chi connectivity index (χ1v) is 23.2. The summed E-state index contributed by atoms with van der Waals surface area (Å²) in [5.41, 5.74) is 5.47. The van der Waals surface area contributed by atoms with Gasteiger partial charge in [-0.2, -0.15) is 5.01 Å². The van der Waals surface area contributed by atoms with Gasteiger partial charge in [0, 0.05) is 5.69 Å². The van der Waals surface area contributed by atoms with Crippen LogP contribution in [0.1, 0.15) is 171 Å². The molecule has 8 heteroatoms. The molecular weight excluding hydrogens is 757 g/mol. The molecule has 6 rings (SSSR count). The molecule has 0 aromatic heterocycles. The van der Waals surface area contributed by atoms with Crippen LogP contribution in [0.25, 0.3) is 0 Å². The van der Waals surface area contributed by atoms with Crippen molar-refractivity contribution in [1.82, 2.24) is 10.3 Å². The SMILES string of the molecule is CC(C)c1cccc(C(C)C)c1NC(=O)N(CC1(OCc2ccccc2)CCCCC1)N(C(=O)NCC1(Oc2ccccc2)CCCCC1)c1c(C(C)C)cccc1C(C)C. The molecule has 328 valence electrons. The highest BCUT2D eigenvalue weighted by Crippen LogP contribution is 2.41. The van der Waals surface area contributed by atoms with E-state index in [1.54, 1.807) is 10.0 Å². The lowest BCUT2D eigenvalue weighted by atomic mass is 9.84. The molecule has 61 heavy (non-hydrogen) atoms. The van der Waals surface area contributed by atoms with Crippen LogP contribution < -0.4 is 20.4 Å². The van der Waals surface area contributed by atoms with E-state index in [2.05, 4.69) is 115 Å². The minimum Gasteiger partial charge on any atom is -0.485 e. The van der Waals surface area contributed by atoms with Crippen LogP contribution >= 0.6 is 0 Å². The molecule has 2 aliphatic rings. The molecule has 0 radical (unpaired) electrons. The second-order valence-electron chi connectivity index (χ2n) is 18.9. The summed E-state index contributed by atoms with van der Waals surface area (Å²) in [5.74, 6) is 1.24. The van der Waals surface area contributed by atoms with E-state index in [0.29, 0.717) is 13.2 Å². The predicted molar refractivity (Wildman–Crippen MR) is 251 cm³/mol. The lowest BCUT2D eigenvalue weighted by Gasteiger charge is -2.45. The van der Waals surface area contributed by atoms with Gasteiger partial charge in [-0.25, -0.2) is 14.6 Å². The van der Waals surface area contributed by atoms with Crippen molar-refractivity contribution in [2.75, 3.05) is 23.4 Å². The van der Waals surface area contributed by atoms with Gasteiger partial charge in [-0.05, 0) is 102 Å². The Labute approximate surface area is 366 Å². The predicted octanol–water partition coefficient (Wildman–Crippen LogP) is 13.8. The van der Waals surface area contributed by atoms with Crippen molar-refractivity contribution >= 4 is 23.4 Å². The van der Waals surface area contributed by atoms with Crippen LogP contribution in [0.3, 0.4) is 0 Å². The maximum absolute atomic E-state index is 15.8. The van der Waals surface area contributed by atoms with Crippen LogP contribution in [0.5, 0.6) is 5.75 Å². The van der Waals surface area contributed by atoms with Crippen LogP contribution in [0.2, 0.25) is 0 Å². The van der Waals surface area contributed by atoms with Crippen molar-refractivity contribution in [2.24, 2.45) is 0 Å². The lowest BCUT2D eigenvalue weighted by molar-refractivity contribution is -0.0919. The summed E-state index contributed by atoms with van der Waals surface area (Å²) >= 11 is 0. The standard InChI is InChI=1S/C53H72N4O4/c1-38(2)44-27-21-28-45(39(3)4)48(44)55-51(59)56(37-53(33-19-12-20-34-53)60-35-42-23-13-9-14-24-42)57(49-46(40(5)6)29-22-30-47(49)41(7)8)50(58)54-36-52(31-17-11-18-32-52)61-43-25-15-10-16-26-43/h9-10,13-16,21-30,38-41H,11-12,17-20,31-37H2,1-8H3,(H,54,58)(H,55,59). The Bertz CT molecular complexity index is 1960. The third-order valence-corrected chi connectivity index (χ3v) is 12.8. The molecule has 0 aliphatic heterocycles. The number of anilines is 2. The van der Waals surface area contributed by atoms with Crippen molar-refractivity contribution in [1.29, 1.82) is 0 Å². The van der Waals surface area contributed by atoms with E-state index in [4.69, 9.17) is 9.47 Å². The third kappa shape index (κ3) is 11.4. The summed E-state index contributed by atoms with van der Waals surface area (Å²) in [5, 5.41) is 10.3. The first kappa shape index (κ1) is 45.7. The van der Waals surface area contributed by atoms with E-state index < -0.39 is 11.2 Å². The Morgan fingerprint density at radius 1 is 0.574 bits per heavy atom. The van der Waals surface area contributed by atoms with Gasteiger partial charge in [0.1, 0.15) is 11.4 Å². The van der Waals surface area contributed by atoms with Gasteiger partial charge in [-0.3, -0.25) is 0 Å². The van der Waals surface area contributed by atoms with E-state index in [9.17, 15) is 0 Å². The number of benzene rings is 4. The molecule has 2 N–H and O–H groups in total. The highest BCUT2D eigenvalue weighted by atomic mass is 16.5. The van der Waals surface area contributed by atoms with E-state index in [1.165, 1.54) is 0 Å². The average Bonchev–Trinajstić information content (AvgIpc) is 3.26. The quantitative estimate of drug-likeness (QED) is 0.117. The van der Waals surface area contributed by atoms with Gasteiger partial charge in [-0.15, -0.1) is 0 Å². The summed E-state index contributed by atoms with van der Waals surface area (Å²) in [6.45, 7) is 18.2. The van der Waals surface area contributed by atoms with Gasteiger partial charge in [0.25, 0.3) is 0 Å². The van der Waals surface area contributed by atoms with Crippen LogP contribution in [0.15, 0.2) is 97.1 Å². The van der Waals surface area contributed by atoms with Crippen LogP contribution in [-0.4, -0.2) is 41.4 Å². The smallest absolute Gasteiger partial charge is 0.341 e. The number of para-hydroxylation sites is 3. The van der Waals surface area contributed by atoms with Gasteiger partial charge in [0.05, 0.1) is 31.0 Å². The lowest BCUT2D eigenvalue weighted by Crippen LogP contribution is -2.62. The van der Waals surface area contributed by atoms with Crippen molar-refractivity contribution in [3.63, 3.8) is 0 Å². The maximum Gasteiger partial charge on any atom is 0.341 e. The molecule has 2 fully saturated rings. The minimum atomic E-state index is -0.700. The Hall–Kier alpha value is -4.82. The molecule has 0 bridgehead atoms. The number of urea groups is 2. The Morgan fingerprint density at radius 3 is 1.56 bits per heavy atom. The van der Waals surface area contributed by atoms with Gasteiger partial charge in [-0.1, -0.05) is 166 Å². The topological polar surface area (TPSA) is 83.1 Å². The molecule has 2 aliphatic carbocycles. The number of rotatable bonds is 15. The number of amides is 4. The molecule has 0 heterocycles. The fourth-order valence-corrected chi connectivity index (χ4v) is 9.38. The van der Waals surface area contributed by atoms with Gasteiger partial charge >= 0.3 is 12.1 Å². The third-order valence-electron chi connectivity index (χ3n) is 12.8. The van der Waals surface area contributed by atoms with E-state index >= 15 is 9.59 Å². The number of hydrazine groups is 1. The van der Waals surface area contributed by atoms with Crippen molar-refractivity contribution < 1.29 is 19.1 Å². The molecule has 0 spiro atoms. The minimum absolute atomic E-state index is 0.0622. The first-order valence-electron chi connectivity index (χ1n) is 23.2. The summed E-state index contributed by atoms with van der Waals surface area (Å²) < 4.78 is 13.9. The molecule has 8 nitrogen and oxygen atoms in total. The Kier molecular flexibility index (Phi) is 15.6. The molecule has 0 atom stereocenters. The largest absolute Gasteiger partial charge is 0.485 e. The highest BCUT2D eigenvalue weighted by Gasteiger charge is 2.43. The summed E-state index contributed by atoms with van der Waals surface area (Å²) in [6.07, 6.45) is 9.42. The Balaban J connectivity index is 1.51. The summed E-state index contributed by atoms with van der Waals surface area (Å²) in [7, 11) is 0. The molecule has 4 aromatic carbocycles. The maximum atomic E-state index is 15.8. The number of carbonyl (C=O) groups is 2. The zero-order valence-electron chi connectivity index (χ0n) is 38.3. The number of carbonyl (C=O) groups excluding carboxylic acids is 2. The molecule has 0 unspecified atom stereocenters. The Morgan fingerprint density at radius 2 is 1.05 bits per heavy atom. The number of ether oxygens (including phenoxy) is 2. The monoisotopic (exact) mass is 829 g/mol. The van der Waals surface area contributed by atoms with Crippen molar-refractivity contribution in [2.45, 2.75) is 161 Å². The van der Waals surface area contributed by atoms with E-state index in [1.807, 2.05) is 48.5 Å². The average molecular weight is 829 g/mol. The van der Waals surface area contributed by atoms with Crippen LogP contribution in [0.4, 0.5) is 21.0 Å². The highest BCUT2D eigenvalue weighted by molar-refractivity contribution is 6.00. The summed E-state index contributed by atoms with van der Waals surface area (Å²) in [4.78, 5) is 31.5. The second-order valence-corrected chi connectivity index (χ2v) is 18.9. The van der Waals surface area contributed by atoms with Gasteiger partial charge < -0.3 is 20.1 Å². The molecule has 0 saturated heterocycles. The summed E-state index contributed by atoms with van der Waals surface area (Å²) in [6, 6.07) is 32.1. The van der Waals surface area contributed by atoms with Gasteiger partial charge in [0.15, 0.2) is 0 Å². The number of hydrogen-bond acceptors (Lipinski definition) is 4. The second kappa shape index (κ2) is 20.8. The zero-order chi connectivity index (χ0) is 43.6. The van der Waals surface area contributed by atoms with E-state index in [0.717, 1.165) is 109 Å². The number of nitrogens with one attached hydrogen (secondary N) is 2. The van der Waals surface area contributed by atoms with Crippen molar-refractivity contribution in [3.8, 4) is 5.75 Å². The fraction of sp³-hybridized carbons (Fsp3) is 0.509. The zero-order valence-corrected chi connectivity index (χ0v) is 38.3.